The predicted molar refractivity (Wildman–Crippen MR) is 326 cm³/mol. The van der Waals surface area contributed by atoms with Crippen LogP contribution in [0.25, 0.3) is 44.0 Å². The van der Waals surface area contributed by atoms with Gasteiger partial charge < -0.3 is 9.13 Å². The van der Waals surface area contributed by atoms with E-state index >= 15 is 0 Å². The molecular weight excluding hydrogens is 987 g/mol. The average molecular weight is 1040 g/mol. The van der Waals surface area contributed by atoms with Crippen LogP contribution in [0.3, 0.4) is 0 Å². The summed E-state index contributed by atoms with van der Waals surface area (Å²) in [5, 5.41) is 4.23. The first kappa shape index (κ1) is 50.8. The number of aliphatic imine (C=N–C) groups is 5. The number of fused-ring (bicyclic) bond motifs is 3. The lowest BCUT2D eigenvalue weighted by Gasteiger charge is -2.05. The van der Waals surface area contributed by atoms with Crippen LogP contribution in [0.15, 0.2) is 294 Å². The molecule has 13 rings (SSSR count). The Morgan fingerprint density at radius 3 is 1.04 bits per heavy atom. The summed E-state index contributed by atoms with van der Waals surface area (Å²) < 4.78 is 3.93. The van der Waals surface area contributed by atoms with Crippen molar-refractivity contribution in [2.75, 3.05) is 0 Å². The van der Waals surface area contributed by atoms with E-state index < -0.39 is 0 Å². The molecule has 0 aliphatic carbocycles. The Hall–Kier alpha value is -11.3. The van der Waals surface area contributed by atoms with Crippen LogP contribution in [-0.4, -0.2) is 70.1 Å². The fourth-order valence-corrected chi connectivity index (χ4v) is 8.46. The first-order valence-corrected chi connectivity index (χ1v) is 25.6. The summed E-state index contributed by atoms with van der Waals surface area (Å²) in [5.74, 6) is 0. The molecule has 0 atom stereocenters. The van der Waals surface area contributed by atoms with Gasteiger partial charge in [0.05, 0.1) is 52.1 Å². The zero-order chi connectivity index (χ0) is 54.0. The van der Waals surface area contributed by atoms with Crippen molar-refractivity contribution in [3.63, 3.8) is 0 Å². The third kappa shape index (κ3) is 13.2. The zero-order valence-electron chi connectivity index (χ0n) is 43.1. The molecule has 13 aromatic rings. The third-order valence-electron chi connectivity index (χ3n) is 12.6. The van der Waals surface area contributed by atoms with Crippen molar-refractivity contribution in [1.29, 1.82) is 0 Å². The summed E-state index contributed by atoms with van der Waals surface area (Å²) >= 11 is 0. The first-order valence-electron chi connectivity index (χ1n) is 25.6. The molecule has 0 saturated heterocycles. The van der Waals surface area contributed by atoms with Gasteiger partial charge in [-0.1, -0.05) is 72.8 Å². The highest BCUT2D eigenvalue weighted by atomic mass is 15.0. The molecule has 0 radical (unpaired) electrons. The number of nitrogens with zero attached hydrogens (tertiary/aromatic N) is 13. The molecular formula is C67H49N13. The molecule has 7 aromatic carbocycles. The number of imidazole rings is 2. The van der Waals surface area contributed by atoms with Crippen molar-refractivity contribution in [2.45, 2.75) is 0 Å². The SMILES string of the molecule is C(=Nc1ccc(-n2ccnc2)cc1)c1ccc(-n2ccnc2)cc1.C(=Nc1cccc2c(N=Cc3ccncc3)cccc12)c1ccncc1.C(=Nc1cccc2ncccc12)c1ccc(C=Nc2cccc3ncccc23)cc1. The largest absolute Gasteiger partial charge is 0.306 e. The van der Waals surface area contributed by atoms with Gasteiger partial charge in [-0.15, -0.1) is 0 Å². The maximum absolute atomic E-state index is 4.66. The van der Waals surface area contributed by atoms with Crippen molar-refractivity contribution in [3.05, 3.63) is 297 Å². The lowest BCUT2D eigenvalue weighted by atomic mass is 10.1. The van der Waals surface area contributed by atoms with E-state index in [1.807, 2.05) is 235 Å². The van der Waals surface area contributed by atoms with E-state index in [9.17, 15) is 0 Å². The van der Waals surface area contributed by atoms with Gasteiger partial charge in [0.1, 0.15) is 0 Å². The standard InChI is InChI=1S/C26H18N4.C22H16N4.C19H15N5/c1-7-23-21(5-3-15-27-23)25(9-1)29-17-19-11-13-20(14-12-19)18-30-26-10-2-8-24-22(26)6-4-16-28-24;1-3-19-20(21(5-1)25-15-17-7-11-23-12-8-17)4-2-6-22(19)26-16-18-9-13-24-14-10-18;1-5-18(23-11-9-20-14-23)6-2-16(1)13-22-17-3-7-19(8-4-17)24-12-10-21-15-24/h1-18H;1-16H;1-15H. The van der Waals surface area contributed by atoms with Gasteiger partial charge >= 0.3 is 0 Å². The first-order chi connectivity index (χ1) is 39.6. The Morgan fingerprint density at radius 1 is 0.275 bits per heavy atom. The van der Waals surface area contributed by atoms with Crippen molar-refractivity contribution in [3.8, 4) is 11.4 Å². The number of hydrogen-bond acceptors (Lipinski definition) is 11. The zero-order valence-corrected chi connectivity index (χ0v) is 43.1. The fraction of sp³-hybridized carbons (Fsp3) is 0. The Balaban J connectivity index is 0.000000127. The van der Waals surface area contributed by atoms with Crippen molar-refractivity contribution in [2.24, 2.45) is 25.0 Å². The minimum atomic E-state index is 0.913. The highest BCUT2D eigenvalue weighted by Gasteiger charge is 2.05. The second-order valence-electron chi connectivity index (χ2n) is 17.9. The fourth-order valence-electron chi connectivity index (χ4n) is 8.46. The molecule has 80 heavy (non-hydrogen) atoms. The van der Waals surface area contributed by atoms with Crippen LogP contribution in [0.1, 0.15) is 27.8 Å². The molecule has 0 saturated carbocycles. The molecule has 0 aliphatic rings. The summed E-state index contributed by atoms with van der Waals surface area (Å²) in [6, 6.07) is 64.1. The van der Waals surface area contributed by atoms with Crippen LogP contribution in [0.4, 0.5) is 28.4 Å². The summed E-state index contributed by atoms with van der Waals surface area (Å²) in [6.07, 6.45) is 30.9. The highest BCUT2D eigenvalue weighted by Crippen LogP contribution is 2.33. The second-order valence-corrected chi connectivity index (χ2v) is 17.9. The van der Waals surface area contributed by atoms with E-state index in [-0.39, 0.29) is 0 Å². The Kier molecular flexibility index (Phi) is 16.2. The van der Waals surface area contributed by atoms with Gasteiger partial charge in [0.15, 0.2) is 0 Å². The van der Waals surface area contributed by atoms with Gasteiger partial charge in [-0.3, -0.25) is 44.9 Å². The van der Waals surface area contributed by atoms with Gasteiger partial charge in [0.25, 0.3) is 0 Å². The Labute approximate surface area is 461 Å². The molecule has 382 valence electrons. The van der Waals surface area contributed by atoms with E-state index in [4.69, 9.17) is 0 Å². The lowest BCUT2D eigenvalue weighted by molar-refractivity contribution is 1.06. The van der Waals surface area contributed by atoms with E-state index in [0.717, 1.165) is 100 Å². The lowest BCUT2D eigenvalue weighted by Crippen LogP contribution is -1.90. The van der Waals surface area contributed by atoms with Crippen molar-refractivity contribution >= 4 is 92.1 Å². The van der Waals surface area contributed by atoms with Gasteiger partial charge in [-0.2, -0.15) is 0 Å². The predicted octanol–water partition coefficient (Wildman–Crippen LogP) is 15.2. The van der Waals surface area contributed by atoms with E-state index in [2.05, 4.69) is 67.0 Å². The number of hydrogen-bond donors (Lipinski definition) is 0. The number of aromatic nitrogens is 8. The third-order valence-corrected chi connectivity index (χ3v) is 12.6. The van der Waals surface area contributed by atoms with Crippen LogP contribution in [0.2, 0.25) is 0 Å². The summed E-state index contributed by atoms with van der Waals surface area (Å²) in [4.78, 5) is 48.1. The molecule has 6 heterocycles. The number of benzene rings is 7. The minimum Gasteiger partial charge on any atom is -0.306 e. The molecule has 0 spiro atoms. The molecule has 13 nitrogen and oxygen atoms in total. The smallest absolute Gasteiger partial charge is 0.0991 e. The maximum atomic E-state index is 4.66. The molecule has 0 N–H and O–H groups in total. The molecule has 0 unspecified atom stereocenters. The quantitative estimate of drug-likeness (QED) is 0.111. The maximum Gasteiger partial charge on any atom is 0.0991 e. The molecule has 0 amide bonds. The van der Waals surface area contributed by atoms with E-state index in [0.29, 0.717) is 0 Å². The van der Waals surface area contributed by atoms with Crippen LogP contribution in [0, 0.1) is 0 Å². The highest BCUT2D eigenvalue weighted by molar-refractivity contribution is 6.02. The second kappa shape index (κ2) is 25.5. The van der Waals surface area contributed by atoms with Gasteiger partial charge in [0.2, 0.25) is 0 Å². The summed E-state index contributed by atoms with van der Waals surface area (Å²) in [5.41, 5.74) is 13.8. The normalized spacial score (nSPS) is 11.5. The van der Waals surface area contributed by atoms with Gasteiger partial charge in [0, 0.05) is 126 Å². The van der Waals surface area contributed by atoms with Crippen LogP contribution < -0.4 is 0 Å². The summed E-state index contributed by atoms with van der Waals surface area (Å²) in [6.45, 7) is 0. The average Bonchev–Trinajstić information content (AvgIpc) is 4.29. The molecule has 0 fully saturated rings. The van der Waals surface area contributed by atoms with Crippen molar-refractivity contribution < 1.29 is 0 Å². The molecule has 13 heteroatoms. The molecule has 0 aliphatic heterocycles. The van der Waals surface area contributed by atoms with Crippen LogP contribution in [-0.2, 0) is 0 Å². The number of pyridine rings is 4. The van der Waals surface area contributed by atoms with E-state index in [1.54, 1.807) is 62.2 Å². The molecule has 0 bridgehead atoms. The summed E-state index contributed by atoms with van der Waals surface area (Å²) in [7, 11) is 0. The topological polar surface area (TPSA) is 149 Å². The molecule has 6 aromatic heterocycles. The van der Waals surface area contributed by atoms with Crippen LogP contribution in [0.5, 0.6) is 0 Å². The van der Waals surface area contributed by atoms with E-state index in [1.165, 1.54) is 0 Å². The minimum absolute atomic E-state index is 0.913. The monoisotopic (exact) mass is 1040 g/mol. The van der Waals surface area contributed by atoms with Crippen LogP contribution >= 0.6 is 0 Å². The Morgan fingerprint density at radius 2 is 0.625 bits per heavy atom. The van der Waals surface area contributed by atoms with Gasteiger partial charge in [-0.25, -0.2) is 9.97 Å². The van der Waals surface area contributed by atoms with Gasteiger partial charge in [-0.05, 0) is 149 Å². The van der Waals surface area contributed by atoms with Crippen molar-refractivity contribution in [1.82, 2.24) is 39.0 Å². The number of rotatable bonds is 12. The Bertz CT molecular complexity index is 3970.